The van der Waals surface area contributed by atoms with Crippen molar-refractivity contribution in [2.45, 2.75) is 20.3 Å². The first kappa shape index (κ1) is 7.73. The number of carbonyl (C=O) groups is 1. The van der Waals surface area contributed by atoms with Crippen molar-refractivity contribution in [3.8, 4) is 0 Å². The molecule has 0 aromatic rings. The first-order valence-corrected chi connectivity index (χ1v) is 3.95. The quantitative estimate of drug-likeness (QED) is 0.585. The minimum absolute atomic E-state index is 0.321. The first-order valence-electron chi connectivity index (χ1n) is 3.95. The van der Waals surface area contributed by atoms with E-state index in [1.54, 1.807) is 0 Å². The van der Waals surface area contributed by atoms with Gasteiger partial charge in [-0.15, -0.1) is 0 Å². The summed E-state index contributed by atoms with van der Waals surface area (Å²) in [6.45, 7) is 5.83. The Balaban J connectivity index is 2.48. The van der Waals surface area contributed by atoms with E-state index in [0.29, 0.717) is 24.2 Å². The van der Waals surface area contributed by atoms with E-state index in [4.69, 9.17) is 0 Å². The summed E-state index contributed by atoms with van der Waals surface area (Å²) in [5.41, 5.74) is 0. The molecule has 0 aromatic heterocycles. The molecular formula is C8H15NO. The lowest BCUT2D eigenvalue weighted by Crippen LogP contribution is -2.38. The van der Waals surface area contributed by atoms with Crippen molar-refractivity contribution >= 4 is 5.78 Å². The molecule has 58 valence electrons. The van der Waals surface area contributed by atoms with Crippen molar-refractivity contribution < 1.29 is 4.79 Å². The van der Waals surface area contributed by atoms with Crippen LogP contribution in [0.1, 0.15) is 20.3 Å². The van der Waals surface area contributed by atoms with Crippen LogP contribution in [0.2, 0.25) is 0 Å². The number of hydrogen-bond donors (Lipinski definition) is 1. The Kier molecular flexibility index (Phi) is 2.44. The normalized spacial score (nSPS) is 27.5. The summed E-state index contributed by atoms with van der Waals surface area (Å²) in [5.74, 6) is 1.23. The molecule has 1 saturated heterocycles. The highest BCUT2D eigenvalue weighted by Crippen LogP contribution is 2.17. The van der Waals surface area contributed by atoms with Gasteiger partial charge in [0, 0.05) is 5.92 Å². The summed E-state index contributed by atoms with van der Waals surface area (Å²) in [4.78, 5) is 11.2. The van der Waals surface area contributed by atoms with Gasteiger partial charge in [0.15, 0.2) is 0 Å². The Morgan fingerprint density at radius 1 is 1.60 bits per heavy atom. The lowest BCUT2D eigenvalue weighted by atomic mass is 9.86. The largest absolute Gasteiger partial charge is 0.310 e. The Labute approximate surface area is 62.0 Å². The average Bonchev–Trinajstić information content (AvgIpc) is 1.88. The van der Waals surface area contributed by atoms with Crippen molar-refractivity contribution in [2.24, 2.45) is 11.8 Å². The van der Waals surface area contributed by atoms with E-state index in [1.165, 1.54) is 0 Å². The fourth-order valence-electron chi connectivity index (χ4n) is 1.47. The standard InChI is InChI=1S/C8H15NO/c1-6(2)7-3-4-9-5-8(7)10/h6-7,9H,3-5H2,1-2H3/t7-/m1/s1. The molecule has 1 aliphatic heterocycles. The van der Waals surface area contributed by atoms with Crippen LogP contribution in [0, 0.1) is 11.8 Å². The van der Waals surface area contributed by atoms with Gasteiger partial charge in [-0.3, -0.25) is 4.79 Å². The van der Waals surface area contributed by atoms with Gasteiger partial charge in [0.05, 0.1) is 6.54 Å². The molecule has 1 rings (SSSR count). The van der Waals surface area contributed by atoms with Crippen LogP contribution in [-0.4, -0.2) is 18.9 Å². The molecule has 0 aliphatic carbocycles. The molecule has 0 bridgehead atoms. The van der Waals surface area contributed by atoms with Crippen LogP contribution in [0.3, 0.4) is 0 Å². The van der Waals surface area contributed by atoms with E-state index in [-0.39, 0.29) is 0 Å². The predicted molar refractivity (Wildman–Crippen MR) is 40.8 cm³/mol. The van der Waals surface area contributed by atoms with Crippen LogP contribution in [-0.2, 0) is 4.79 Å². The third-order valence-electron chi connectivity index (χ3n) is 2.15. The van der Waals surface area contributed by atoms with Crippen LogP contribution in [0.25, 0.3) is 0 Å². The summed E-state index contributed by atoms with van der Waals surface area (Å²) >= 11 is 0. The van der Waals surface area contributed by atoms with Gasteiger partial charge in [-0.1, -0.05) is 13.8 Å². The Morgan fingerprint density at radius 3 is 2.70 bits per heavy atom. The van der Waals surface area contributed by atoms with Gasteiger partial charge in [0.2, 0.25) is 0 Å². The molecule has 0 amide bonds. The van der Waals surface area contributed by atoms with Crippen molar-refractivity contribution in [1.29, 1.82) is 0 Å². The summed E-state index contributed by atoms with van der Waals surface area (Å²) in [7, 11) is 0. The maximum atomic E-state index is 11.2. The van der Waals surface area contributed by atoms with E-state index in [9.17, 15) is 4.79 Å². The fraction of sp³-hybridized carbons (Fsp3) is 0.875. The fourth-order valence-corrected chi connectivity index (χ4v) is 1.47. The van der Waals surface area contributed by atoms with Crippen molar-refractivity contribution in [1.82, 2.24) is 5.32 Å². The Hall–Kier alpha value is -0.370. The van der Waals surface area contributed by atoms with Gasteiger partial charge in [0.1, 0.15) is 5.78 Å². The van der Waals surface area contributed by atoms with Crippen molar-refractivity contribution in [2.75, 3.05) is 13.1 Å². The van der Waals surface area contributed by atoms with Gasteiger partial charge in [-0.25, -0.2) is 0 Å². The molecule has 1 aliphatic rings. The summed E-state index contributed by atoms with van der Waals surface area (Å²) in [6.07, 6.45) is 1.02. The Morgan fingerprint density at radius 2 is 2.30 bits per heavy atom. The van der Waals surface area contributed by atoms with Crippen LogP contribution >= 0.6 is 0 Å². The number of carbonyl (C=O) groups excluding carboxylic acids is 1. The molecule has 1 heterocycles. The molecule has 1 fully saturated rings. The molecule has 1 atom stereocenters. The minimum atomic E-state index is 0.321. The summed E-state index contributed by atoms with van der Waals surface area (Å²) in [6, 6.07) is 0. The van der Waals surface area contributed by atoms with E-state index in [0.717, 1.165) is 13.0 Å². The molecule has 2 heteroatoms. The molecule has 10 heavy (non-hydrogen) atoms. The number of hydrogen-bond acceptors (Lipinski definition) is 2. The van der Waals surface area contributed by atoms with E-state index in [2.05, 4.69) is 19.2 Å². The molecule has 1 N–H and O–H groups in total. The highest BCUT2D eigenvalue weighted by molar-refractivity contribution is 5.83. The average molecular weight is 141 g/mol. The van der Waals surface area contributed by atoms with Crippen molar-refractivity contribution in [3.63, 3.8) is 0 Å². The SMILES string of the molecule is CC(C)[C@H]1CCNCC1=O. The number of piperidine rings is 1. The molecule has 0 unspecified atom stereocenters. The molecule has 0 aromatic carbocycles. The van der Waals surface area contributed by atoms with E-state index >= 15 is 0 Å². The number of Topliss-reactive ketones (excluding diaryl/α,β-unsaturated/α-hetero) is 1. The third-order valence-corrected chi connectivity index (χ3v) is 2.15. The van der Waals surface area contributed by atoms with Crippen LogP contribution < -0.4 is 5.32 Å². The second kappa shape index (κ2) is 3.15. The predicted octanol–water partition coefficient (Wildman–Crippen LogP) is 0.821. The van der Waals surface area contributed by atoms with E-state index < -0.39 is 0 Å². The summed E-state index contributed by atoms with van der Waals surface area (Å²) in [5, 5.41) is 3.07. The molecule has 2 nitrogen and oxygen atoms in total. The smallest absolute Gasteiger partial charge is 0.149 e. The second-order valence-electron chi connectivity index (χ2n) is 3.28. The maximum Gasteiger partial charge on any atom is 0.149 e. The topological polar surface area (TPSA) is 29.1 Å². The summed E-state index contributed by atoms with van der Waals surface area (Å²) < 4.78 is 0. The second-order valence-corrected chi connectivity index (χ2v) is 3.28. The highest BCUT2D eigenvalue weighted by atomic mass is 16.1. The third kappa shape index (κ3) is 1.57. The van der Waals surface area contributed by atoms with Crippen LogP contribution in [0.4, 0.5) is 0 Å². The molecular weight excluding hydrogens is 126 g/mol. The van der Waals surface area contributed by atoms with Gasteiger partial charge in [-0.05, 0) is 18.9 Å². The zero-order valence-electron chi connectivity index (χ0n) is 6.68. The minimum Gasteiger partial charge on any atom is -0.310 e. The van der Waals surface area contributed by atoms with Gasteiger partial charge in [0.25, 0.3) is 0 Å². The van der Waals surface area contributed by atoms with E-state index in [1.807, 2.05) is 0 Å². The lowest BCUT2D eigenvalue weighted by Gasteiger charge is -2.24. The van der Waals surface area contributed by atoms with Gasteiger partial charge < -0.3 is 5.32 Å². The van der Waals surface area contributed by atoms with Crippen LogP contribution in [0.5, 0.6) is 0 Å². The monoisotopic (exact) mass is 141 g/mol. The number of ketones is 1. The molecule has 0 radical (unpaired) electrons. The lowest BCUT2D eigenvalue weighted by molar-refractivity contribution is -0.124. The van der Waals surface area contributed by atoms with Gasteiger partial charge >= 0.3 is 0 Å². The zero-order valence-corrected chi connectivity index (χ0v) is 6.68. The molecule has 0 saturated carbocycles. The first-order chi connectivity index (χ1) is 4.72. The molecule has 0 spiro atoms. The Bertz CT molecular complexity index is 131. The van der Waals surface area contributed by atoms with Crippen LogP contribution in [0.15, 0.2) is 0 Å². The number of nitrogens with one attached hydrogen (secondary N) is 1. The zero-order chi connectivity index (χ0) is 7.56. The van der Waals surface area contributed by atoms with Gasteiger partial charge in [-0.2, -0.15) is 0 Å². The van der Waals surface area contributed by atoms with Crippen molar-refractivity contribution in [3.05, 3.63) is 0 Å². The number of rotatable bonds is 1. The maximum absolute atomic E-state index is 11.2. The highest BCUT2D eigenvalue weighted by Gasteiger charge is 2.24.